The molecule has 6 nitrogen and oxygen atoms in total. The number of hydrogen-bond acceptors (Lipinski definition) is 4. The predicted octanol–water partition coefficient (Wildman–Crippen LogP) is 2.37. The number of nitrogens with one attached hydrogen (secondary N) is 1. The van der Waals surface area contributed by atoms with Crippen molar-refractivity contribution in [2.75, 3.05) is 13.2 Å². The average Bonchev–Trinajstić information content (AvgIpc) is 3.36. The first-order valence-electron chi connectivity index (χ1n) is 11.6. The summed E-state index contributed by atoms with van der Waals surface area (Å²) in [6, 6.07) is 25.0. The topological polar surface area (TPSA) is 74.6 Å². The number of nitrogens with zero attached hydrogens (tertiary/aromatic N) is 2. The third-order valence-electron chi connectivity index (χ3n) is 7.10. The summed E-state index contributed by atoms with van der Waals surface area (Å²) < 4.78 is 1.81. The van der Waals surface area contributed by atoms with E-state index in [0.29, 0.717) is 19.6 Å². The smallest absolute Gasteiger partial charge is 0.250 e. The summed E-state index contributed by atoms with van der Waals surface area (Å²) >= 11 is 0. The molecule has 0 unspecified atom stereocenters. The van der Waals surface area contributed by atoms with Crippen LogP contribution in [0.15, 0.2) is 83.7 Å². The molecule has 170 valence electrons. The number of fused-ring (bicyclic) bond motifs is 3. The molecule has 3 aromatic rings. The van der Waals surface area contributed by atoms with Gasteiger partial charge < -0.3 is 15.0 Å². The van der Waals surface area contributed by atoms with Crippen molar-refractivity contribution in [3.05, 3.63) is 106 Å². The summed E-state index contributed by atoms with van der Waals surface area (Å²) in [6.07, 6.45) is 0.757. The number of carbonyl (C=O) groups is 1. The Labute approximate surface area is 193 Å². The Morgan fingerprint density at radius 2 is 1.64 bits per heavy atom. The number of aromatic nitrogens is 1. The zero-order chi connectivity index (χ0) is 22.8. The van der Waals surface area contributed by atoms with Gasteiger partial charge in [-0.25, -0.2) is 0 Å². The molecule has 1 aromatic heterocycles. The number of benzene rings is 2. The molecule has 3 heterocycles. The lowest BCUT2D eigenvalue weighted by atomic mass is 9.88. The number of amides is 1. The van der Waals surface area contributed by atoms with Crippen molar-refractivity contribution in [2.24, 2.45) is 11.8 Å². The lowest BCUT2D eigenvalue weighted by molar-refractivity contribution is -0.127. The van der Waals surface area contributed by atoms with E-state index < -0.39 is 6.04 Å². The van der Waals surface area contributed by atoms with E-state index in [9.17, 15) is 14.7 Å². The van der Waals surface area contributed by atoms with Crippen molar-refractivity contribution in [1.82, 2.24) is 14.8 Å². The minimum absolute atomic E-state index is 0.0127. The van der Waals surface area contributed by atoms with Crippen LogP contribution in [0.1, 0.15) is 22.9 Å². The maximum atomic E-state index is 13.5. The maximum absolute atomic E-state index is 13.5. The Kier molecular flexibility index (Phi) is 6.11. The Bertz CT molecular complexity index is 1160. The molecule has 1 amide bonds. The summed E-state index contributed by atoms with van der Waals surface area (Å²) in [7, 11) is 0. The Morgan fingerprint density at radius 3 is 2.33 bits per heavy atom. The van der Waals surface area contributed by atoms with Gasteiger partial charge in [0.2, 0.25) is 5.91 Å². The zero-order valence-electron chi connectivity index (χ0n) is 18.5. The van der Waals surface area contributed by atoms with Gasteiger partial charge in [0.1, 0.15) is 0 Å². The monoisotopic (exact) mass is 443 g/mol. The number of rotatable bonds is 7. The van der Waals surface area contributed by atoms with Crippen LogP contribution in [0.5, 0.6) is 0 Å². The molecule has 0 bridgehead atoms. The van der Waals surface area contributed by atoms with E-state index in [0.717, 1.165) is 17.7 Å². The van der Waals surface area contributed by atoms with Crippen LogP contribution in [0.4, 0.5) is 0 Å². The fraction of sp³-hybridized carbons (Fsp3) is 0.333. The second-order valence-corrected chi connectivity index (χ2v) is 8.98. The largest absolute Gasteiger partial charge is 0.396 e. The molecular weight excluding hydrogens is 414 g/mol. The van der Waals surface area contributed by atoms with Crippen molar-refractivity contribution in [1.29, 1.82) is 0 Å². The van der Waals surface area contributed by atoms with E-state index >= 15 is 0 Å². The molecule has 1 fully saturated rings. The molecule has 0 radical (unpaired) electrons. The third-order valence-corrected chi connectivity index (χ3v) is 7.10. The van der Waals surface area contributed by atoms with Gasteiger partial charge in [0.05, 0.1) is 12.1 Å². The third kappa shape index (κ3) is 4.12. The Balaban J connectivity index is 1.43. The second-order valence-electron chi connectivity index (χ2n) is 8.98. The summed E-state index contributed by atoms with van der Waals surface area (Å²) in [5.41, 5.74) is 3.19. The highest BCUT2D eigenvalue weighted by Crippen LogP contribution is 2.49. The number of carbonyl (C=O) groups excluding carboxylic acids is 1. The molecule has 4 atom stereocenters. The number of aliphatic hydroxyl groups excluding tert-OH is 1. The second kappa shape index (κ2) is 9.33. The van der Waals surface area contributed by atoms with Crippen LogP contribution in [0, 0.1) is 11.8 Å². The van der Waals surface area contributed by atoms with Crippen LogP contribution in [0.3, 0.4) is 0 Å². The van der Waals surface area contributed by atoms with E-state index in [1.165, 1.54) is 5.56 Å². The molecule has 0 spiro atoms. The number of hydrogen-bond donors (Lipinski definition) is 2. The van der Waals surface area contributed by atoms with Gasteiger partial charge in [-0.3, -0.25) is 14.5 Å². The number of likely N-dealkylation sites (tertiary alicyclic amines) is 1. The predicted molar refractivity (Wildman–Crippen MR) is 126 cm³/mol. The first kappa shape index (κ1) is 21.6. The normalized spacial score (nSPS) is 23.8. The summed E-state index contributed by atoms with van der Waals surface area (Å²) in [4.78, 5) is 28.2. The summed E-state index contributed by atoms with van der Waals surface area (Å²) in [6.45, 7) is 1.57. The quantitative estimate of drug-likeness (QED) is 0.588. The van der Waals surface area contributed by atoms with Crippen LogP contribution in [0.25, 0.3) is 0 Å². The average molecular weight is 444 g/mol. The first-order chi connectivity index (χ1) is 16.2. The summed E-state index contributed by atoms with van der Waals surface area (Å²) in [5.74, 6) is -0.284. The minimum atomic E-state index is -0.454. The fourth-order valence-electron chi connectivity index (χ4n) is 5.61. The molecule has 0 saturated carbocycles. The molecule has 6 heteroatoms. The van der Waals surface area contributed by atoms with Crippen LogP contribution in [-0.4, -0.2) is 39.7 Å². The number of pyridine rings is 1. The highest BCUT2D eigenvalue weighted by atomic mass is 16.3. The Morgan fingerprint density at radius 1 is 0.939 bits per heavy atom. The molecule has 2 aliphatic heterocycles. The van der Waals surface area contributed by atoms with Crippen LogP contribution in [0.2, 0.25) is 0 Å². The highest BCUT2D eigenvalue weighted by molar-refractivity contribution is 5.82. The van der Waals surface area contributed by atoms with E-state index in [1.807, 2.05) is 42.5 Å². The van der Waals surface area contributed by atoms with E-state index in [2.05, 4.69) is 34.5 Å². The van der Waals surface area contributed by atoms with Crippen LogP contribution >= 0.6 is 0 Å². The molecule has 2 N–H and O–H groups in total. The van der Waals surface area contributed by atoms with E-state index in [1.54, 1.807) is 16.7 Å². The maximum Gasteiger partial charge on any atom is 0.250 e. The van der Waals surface area contributed by atoms with Gasteiger partial charge in [0.15, 0.2) is 0 Å². The zero-order valence-corrected chi connectivity index (χ0v) is 18.5. The van der Waals surface area contributed by atoms with Gasteiger partial charge >= 0.3 is 0 Å². The van der Waals surface area contributed by atoms with Crippen molar-refractivity contribution >= 4 is 5.91 Å². The van der Waals surface area contributed by atoms with Gasteiger partial charge in [-0.1, -0.05) is 66.7 Å². The van der Waals surface area contributed by atoms with Crippen LogP contribution < -0.4 is 10.9 Å². The molecule has 2 aliphatic rings. The SMILES string of the molecule is O=C(NCCc1ccccc1)[C@@H]1[C@@H](CO)[C@@H]2Cn3c(cccc3=O)[C@@H]2N1Cc1ccccc1. The lowest BCUT2D eigenvalue weighted by Gasteiger charge is -2.31. The highest BCUT2D eigenvalue weighted by Gasteiger charge is 2.55. The molecule has 2 aromatic carbocycles. The molecule has 5 rings (SSSR count). The fourth-order valence-corrected chi connectivity index (χ4v) is 5.61. The van der Waals surface area contributed by atoms with E-state index in [4.69, 9.17) is 0 Å². The van der Waals surface area contributed by atoms with Gasteiger partial charge in [-0.15, -0.1) is 0 Å². The van der Waals surface area contributed by atoms with Crippen molar-refractivity contribution in [3.8, 4) is 0 Å². The Hall–Kier alpha value is -3.22. The summed E-state index contributed by atoms with van der Waals surface area (Å²) in [5, 5.41) is 13.5. The molecule has 0 aliphatic carbocycles. The van der Waals surface area contributed by atoms with Crippen molar-refractivity contribution < 1.29 is 9.90 Å². The minimum Gasteiger partial charge on any atom is -0.396 e. The van der Waals surface area contributed by atoms with Gasteiger partial charge in [0, 0.05) is 49.8 Å². The standard InChI is InChI=1S/C27H29N3O3/c31-18-22-21-17-29-23(12-7-13-24(29)32)25(21)30(16-20-10-5-2-6-11-20)26(22)27(33)28-15-14-19-8-3-1-4-9-19/h1-13,21-22,25-26,31H,14-18H2,(H,28,33)/t21-,22-,25+,26-/m0/s1. The van der Waals surface area contributed by atoms with E-state index in [-0.39, 0.29) is 36.0 Å². The molecule has 33 heavy (non-hydrogen) atoms. The van der Waals surface area contributed by atoms with Gasteiger partial charge in [-0.2, -0.15) is 0 Å². The van der Waals surface area contributed by atoms with Gasteiger partial charge in [-0.05, 0) is 23.6 Å². The van der Waals surface area contributed by atoms with Gasteiger partial charge in [0.25, 0.3) is 5.56 Å². The number of aliphatic hydroxyl groups is 1. The van der Waals surface area contributed by atoms with Crippen molar-refractivity contribution in [2.45, 2.75) is 31.6 Å². The van der Waals surface area contributed by atoms with Crippen molar-refractivity contribution in [3.63, 3.8) is 0 Å². The first-order valence-corrected chi connectivity index (χ1v) is 11.6. The lowest BCUT2D eigenvalue weighted by Crippen LogP contribution is -2.48. The molecule has 1 saturated heterocycles. The molecular formula is C27H29N3O3. The van der Waals surface area contributed by atoms with Crippen LogP contribution in [-0.2, 0) is 24.3 Å².